The van der Waals surface area contributed by atoms with Gasteiger partial charge in [0, 0.05) is 38.2 Å². The van der Waals surface area contributed by atoms with E-state index >= 15 is 0 Å². The Labute approximate surface area is 332 Å². The van der Waals surface area contributed by atoms with Gasteiger partial charge in [0.1, 0.15) is 18.6 Å². The monoisotopic (exact) mass is 1050 g/mol. The molecule has 2 heterocycles. The molecule has 12 atom stereocenters. The molecule has 18 heteroatoms. The summed E-state index contributed by atoms with van der Waals surface area (Å²) in [7, 11) is 0. The number of carboxylic acid groups (broad SMARTS) is 2. The van der Waals surface area contributed by atoms with Crippen molar-refractivity contribution in [2.24, 2.45) is 47.3 Å². The van der Waals surface area contributed by atoms with Gasteiger partial charge in [-0.15, -0.1) is 11.8 Å². The third kappa shape index (κ3) is 22.5. The summed E-state index contributed by atoms with van der Waals surface area (Å²) in [4.78, 5) is 53.6. The van der Waals surface area contributed by atoms with E-state index in [1.165, 1.54) is 20.8 Å². The number of esters is 3. The fourth-order valence-electron chi connectivity index (χ4n) is 4.63. The predicted octanol–water partition coefficient (Wildman–Crippen LogP) is 7.18. The van der Waals surface area contributed by atoms with E-state index in [1.807, 2.05) is 6.92 Å². The van der Waals surface area contributed by atoms with Crippen molar-refractivity contribution in [1.82, 2.24) is 0 Å². The molecule has 0 amide bonds. The van der Waals surface area contributed by atoms with Crippen LogP contribution in [-0.4, -0.2) is 103 Å². The minimum absolute atomic E-state index is 0.0569. The number of halogens is 3. The van der Waals surface area contributed by atoms with Crippen molar-refractivity contribution in [1.29, 1.82) is 0 Å². The average molecular weight is 1050 g/mol. The van der Waals surface area contributed by atoms with E-state index in [9.17, 15) is 24.0 Å². The van der Waals surface area contributed by atoms with E-state index < -0.39 is 38.6 Å². The molecular formula is C32H56Br3InO12S2. The molecule has 0 aromatic rings. The van der Waals surface area contributed by atoms with Crippen LogP contribution in [0.1, 0.15) is 76.2 Å². The maximum atomic E-state index is 11.0. The molecule has 2 fully saturated rings. The fourth-order valence-corrected chi connectivity index (χ4v) is 6.18. The van der Waals surface area contributed by atoms with E-state index in [4.69, 9.17) is 33.9 Å². The molecule has 0 radical (unpaired) electrons. The number of aliphatic carboxylic acids is 2. The molecule has 0 saturated carbocycles. The molecule has 0 spiro atoms. The van der Waals surface area contributed by atoms with E-state index in [0.717, 1.165) is 0 Å². The molecule has 6 unspecified atom stereocenters. The second-order valence-electron chi connectivity index (χ2n) is 12.7. The van der Waals surface area contributed by atoms with E-state index in [-0.39, 0.29) is 66.5 Å². The van der Waals surface area contributed by atoms with Gasteiger partial charge in [0.15, 0.2) is 0 Å². The van der Waals surface area contributed by atoms with Crippen molar-refractivity contribution < 1.29 is 57.9 Å². The van der Waals surface area contributed by atoms with Gasteiger partial charge in [-0.1, -0.05) is 55.4 Å². The van der Waals surface area contributed by atoms with Crippen LogP contribution in [-0.2, 0) is 47.7 Å². The Morgan fingerprint density at radius 3 is 1.44 bits per heavy atom. The number of carboxylic acids is 2. The van der Waals surface area contributed by atoms with Gasteiger partial charge in [0.05, 0.1) is 24.0 Å². The molecule has 0 bridgehead atoms. The van der Waals surface area contributed by atoms with Crippen LogP contribution in [0, 0.1) is 47.3 Å². The van der Waals surface area contributed by atoms with Gasteiger partial charge < -0.3 is 33.9 Å². The molecule has 292 valence electrons. The van der Waals surface area contributed by atoms with Crippen molar-refractivity contribution >= 4 is 106 Å². The first-order valence-electron chi connectivity index (χ1n) is 16.3. The second-order valence-corrected chi connectivity index (χ2v) is 58.8. The Balaban J connectivity index is 0. The molecule has 0 aromatic heterocycles. The third-order valence-electron chi connectivity index (χ3n) is 8.78. The summed E-state index contributed by atoms with van der Waals surface area (Å²) in [6.07, 6.45) is -0.920. The number of rotatable bonds is 11. The van der Waals surface area contributed by atoms with Crippen LogP contribution in [0.4, 0.5) is 0 Å². The van der Waals surface area contributed by atoms with Crippen molar-refractivity contribution in [2.75, 3.05) is 24.7 Å². The summed E-state index contributed by atoms with van der Waals surface area (Å²) in [5, 5.41) is 17.1. The molecule has 0 aliphatic carbocycles. The van der Waals surface area contributed by atoms with Crippen LogP contribution in [0.3, 0.4) is 0 Å². The Morgan fingerprint density at radius 2 is 1.10 bits per heavy atom. The number of carbonyl (C=O) groups excluding carboxylic acids is 3. The van der Waals surface area contributed by atoms with Gasteiger partial charge in [-0.3, -0.25) is 24.0 Å². The molecule has 50 heavy (non-hydrogen) atoms. The van der Waals surface area contributed by atoms with Crippen LogP contribution >= 0.6 is 61.3 Å². The summed E-state index contributed by atoms with van der Waals surface area (Å²) in [6.45, 7) is 20.5. The molecule has 12 nitrogen and oxygen atoms in total. The van der Waals surface area contributed by atoms with E-state index in [2.05, 4.69) is 84.1 Å². The summed E-state index contributed by atoms with van der Waals surface area (Å²) in [5.41, 5.74) is -0.0569. The van der Waals surface area contributed by atoms with Gasteiger partial charge in [0.2, 0.25) is 6.29 Å². The summed E-state index contributed by atoms with van der Waals surface area (Å²) in [5.74, 6) is -0.602. The summed E-state index contributed by atoms with van der Waals surface area (Å²) < 4.78 is 27.0. The number of hydrogen-bond donors (Lipinski definition) is 3. The fraction of sp³-hybridized carbons (Fsp3) is 0.844. The van der Waals surface area contributed by atoms with Crippen LogP contribution in [0.2, 0.25) is 0 Å². The summed E-state index contributed by atoms with van der Waals surface area (Å²) in [6, 6.07) is 0. The Bertz CT molecular complexity index is 1040. The topological polar surface area (TPSA) is 172 Å². The van der Waals surface area contributed by atoms with Crippen molar-refractivity contribution in [2.45, 2.75) is 100 Å². The van der Waals surface area contributed by atoms with Gasteiger partial charge in [-0.2, -0.15) is 12.6 Å². The Morgan fingerprint density at radius 1 is 0.700 bits per heavy atom. The number of thioether (sulfide) groups is 1. The molecular weight excluding hydrogens is 995 g/mol. The van der Waals surface area contributed by atoms with Gasteiger partial charge >= 0.3 is 81.2 Å². The van der Waals surface area contributed by atoms with E-state index in [0.29, 0.717) is 35.2 Å². The minimum atomic E-state index is -1.20. The van der Waals surface area contributed by atoms with Gasteiger partial charge in [0.25, 0.3) is 0 Å². The predicted molar refractivity (Wildman–Crippen MR) is 210 cm³/mol. The maximum absolute atomic E-state index is 11.0. The molecule has 2 saturated heterocycles. The zero-order valence-corrected chi connectivity index (χ0v) is 40.6. The molecule has 2 aliphatic heterocycles. The van der Waals surface area contributed by atoms with Gasteiger partial charge in [-0.05, 0) is 29.6 Å². The second kappa shape index (κ2) is 27.8. The normalized spacial score (nSPS) is 29.7. The van der Waals surface area contributed by atoms with Crippen LogP contribution in [0.5, 0.6) is 0 Å². The number of thiol groups is 1. The molecule has 2 N–H and O–H groups in total. The van der Waals surface area contributed by atoms with Crippen LogP contribution in [0.15, 0.2) is 0 Å². The van der Waals surface area contributed by atoms with Crippen molar-refractivity contribution in [3.05, 3.63) is 0 Å². The first-order chi connectivity index (χ1) is 23.0. The van der Waals surface area contributed by atoms with Gasteiger partial charge in [-0.25, -0.2) is 0 Å². The zero-order chi connectivity index (χ0) is 39.5. The first-order valence-corrected chi connectivity index (χ1v) is 40.2. The molecule has 2 rings (SSSR count). The van der Waals surface area contributed by atoms with Crippen LogP contribution in [0.25, 0.3) is 0 Å². The number of hydrogen-bond acceptors (Lipinski definition) is 12. The first kappa shape index (κ1) is 52.4. The van der Waals surface area contributed by atoms with Crippen molar-refractivity contribution in [3.63, 3.8) is 0 Å². The van der Waals surface area contributed by atoms with Crippen LogP contribution < -0.4 is 0 Å². The number of carbonyl (C=O) groups is 5. The quantitative estimate of drug-likeness (QED) is 0.108. The van der Waals surface area contributed by atoms with Crippen molar-refractivity contribution in [3.8, 4) is 0 Å². The number of ether oxygens (including phenoxy) is 5. The Hall–Kier alpha value is 0.280. The zero-order valence-electron chi connectivity index (χ0n) is 30.8. The standard InChI is InChI=1S/C15H26O5S.C13H22O5.C4H8O2S.3BrH.In/c1-8(14(17)18)7-21-15-11(4)9(2)10(3)13(20-15)6-19-12(5)16;1-7-8(2)12(6-16-10(4)14)18-13(9(7)3)17-11(5)15;1-3(2-7)4(5)6;;;;/h8-11,13,15H,6-7H2,1-5H3,(H,17,18);7-9,12-13H,6H2,1-5H3;3,7H,2H2,1H3,(H,5,6);3*1H;/q;;;;;;+3/p-3/t8?,9-,10-,11?,13?,15-;7-,8-,9?,12?,13+;;;;;/m00...../s1. The SMILES string of the molecule is CC(=O)OCC1O[C@@H](OC(C)=O)C(C)[C@@H](C)[C@@H]1C.CC(=O)OCC1O[C@@H](SCC(C)C(=O)O)C(C)[C@@H](C)[C@@H]1C.CC(CS)C(=O)O.[Br][In]([Br])[Br]. The molecule has 2 aliphatic rings. The Kier molecular flexibility index (Phi) is 29.1. The molecule has 0 aromatic carbocycles. The average Bonchev–Trinajstić information content (AvgIpc) is 3.01. The summed E-state index contributed by atoms with van der Waals surface area (Å²) >= 11 is 14.1. The third-order valence-corrected chi connectivity index (χ3v) is 10.9. The van der Waals surface area contributed by atoms with E-state index in [1.54, 1.807) is 25.6 Å².